The molecular weight excluding hydrogens is 274 g/mol. The fourth-order valence-corrected chi connectivity index (χ4v) is 4.49. The number of aryl methyl sites for hydroxylation is 1. The highest BCUT2D eigenvalue weighted by Gasteiger charge is 2.23. The summed E-state index contributed by atoms with van der Waals surface area (Å²) in [4.78, 5) is 9.64. The molecular formula is C14H19N3S2. The smallest absolute Gasteiger partial charge is 0.180 e. The van der Waals surface area contributed by atoms with Crippen molar-refractivity contribution in [1.29, 1.82) is 0 Å². The number of hydrogen-bond acceptors (Lipinski definition) is 5. The molecule has 1 saturated heterocycles. The van der Waals surface area contributed by atoms with Gasteiger partial charge >= 0.3 is 0 Å². The number of thiophene rings is 1. The second kappa shape index (κ2) is 5.23. The third kappa shape index (κ3) is 2.68. The number of thiazole rings is 1. The summed E-state index contributed by atoms with van der Waals surface area (Å²) in [5.41, 5.74) is 8.32. The molecule has 2 aromatic rings. The average Bonchev–Trinajstić information content (AvgIpc) is 3.03. The zero-order valence-electron chi connectivity index (χ0n) is 11.3. The van der Waals surface area contributed by atoms with Crippen LogP contribution in [0.1, 0.15) is 30.2 Å². The van der Waals surface area contributed by atoms with Crippen LogP contribution in [0.5, 0.6) is 0 Å². The number of nitrogens with two attached hydrogens (primary N) is 1. The molecule has 0 aromatic carbocycles. The van der Waals surface area contributed by atoms with E-state index in [2.05, 4.69) is 35.2 Å². The van der Waals surface area contributed by atoms with Gasteiger partial charge in [-0.1, -0.05) is 0 Å². The molecule has 1 fully saturated rings. The SMILES string of the molecule is Cc1csc(-c2nc(N)sc2CN2CCC[C@H]2C)c1. The van der Waals surface area contributed by atoms with Crippen LogP contribution in [0.2, 0.25) is 0 Å². The van der Waals surface area contributed by atoms with Gasteiger partial charge in [0.15, 0.2) is 5.13 Å². The number of likely N-dealkylation sites (tertiary alicyclic amines) is 1. The van der Waals surface area contributed by atoms with Crippen molar-refractivity contribution in [3.05, 3.63) is 21.9 Å². The minimum absolute atomic E-state index is 0.682. The second-order valence-corrected chi connectivity index (χ2v) is 7.30. The highest BCUT2D eigenvalue weighted by Crippen LogP contribution is 2.35. The number of nitrogen functional groups attached to an aromatic ring is 1. The van der Waals surface area contributed by atoms with Crippen LogP contribution in [0.25, 0.3) is 10.6 Å². The number of aromatic nitrogens is 1. The molecule has 2 N–H and O–H groups in total. The van der Waals surface area contributed by atoms with E-state index >= 15 is 0 Å². The number of hydrogen-bond donors (Lipinski definition) is 1. The molecule has 3 heterocycles. The number of rotatable bonds is 3. The van der Waals surface area contributed by atoms with Crippen molar-refractivity contribution in [2.24, 2.45) is 0 Å². The van der Waals surface area contributed by atoms with E-state index in [0.717, 1.165) is 12.2 Å². The Labute approximate surface area is 122 Å². The first-order valence-electron chi connectivity index (χ1n) is 6.68. The lowest BCUT2D eigenvalue weighted by atomic mass is 10.2. The summed E-state index contributed by atoms with van der Waals surface area (Å²) < 4.78 is 0. The van der Waals surface area contributed by atoms with Crippen molar-refractivity contribution < 1.29 is 0 Å². The van der Waals surface area contributed by atoms with E-state index in [0.29, 0.717) is 11.2 Å². The van der Waals surface area contributed by atoms with E-state index < -0.39 is 0 Å². The first-order valence-corrected chi connectivity index (χ1v) is 8.38. The van der Waals surface area contributed by atoms with Crippen LogP contribution in [0.4, 0.5) is 5.13 Å². The van der Waals surface area contributed by atoms with Gasteiger partial charge in [0.25, 0.3) is 0 Å². The minimum atomic E-state index is 0.682. The van der Waals surface area contributed by atoms with Gasteiger partial charge in [0.05, 0.1) is 10.6 Å². The maximum absolute atomic E-state index is 5.93. The molecule has 0 radical (unpaired) electrons. The van der Waals surface area contributed by atoms with Crippen LogP contribution in [-0.2, 0) is 6.54 Å². The second-order valence-electron chi connectivity index (χ2n) is 5.27. The molecule has 0 aliphatic carbocycles. The Morgan fingerprint density at radius 2 is 2.37 bits per heavy atom. The van der Waals surface area contributed by atoms with Gasteiger partial charge < -0.3 is 5.73 Å². The average molecular weight is 293 g/mol. The van der Waals surface area contributed by atoms with Crippen LogP contribution < -0.4 is 5.73 Å². The van der Waals surface area contributed by atoms with Crippen molar-refractivity contribution in [1.82, 2.24) is 9.88 Å². The van der Waals surface area contributed by atoms with Gasteiger partial charge in [-0.25, -0.2) is 4.98 Å². The lowest BCUT2D eigenvalue weighted by Gasteiger charge is -2.20. The summed E-state index contributed by atoms with van der Waals surface area (Å²) >= 11 is 3.40. The quantitative estimate of drug-likeness (QED) is 0.937. The Hall–Kier alpha value is -0.910. The summed E-state index contributed by atoms with van der Waals surface area (Å²) in [5, 5.41) is 2.86. The predicted octanol–water partition coefficient (Wildman–Crippen LogP) is 3.75. The lowest BCUT2D eigenvalue weighted by molar-refractivity contribution is 0.263. The van der Waals surface area contributed by atoms with Gasteiger partial charge in [-0.2, -0.15) is 0 Å². The fraction of sp³-hybridized carbons (Fsp3) is 0.500. The van der Waals surface area contributed by atoms with Crippen LogP contribution >= 0.6 is 22.7 Å². The van der Waals surface area contributed by atoms with Crippen molar-refractivity contribution >= 4 is 27.8 Å². The Morgan fingerprint density at radius 1 is 1.53 bits per heavy atom. The molecule has 1 aliphatic rings. The van der Waals surface area contributed by atoms with Crippen molar-refractivity contribution in [2.75, 3.05) is 12.3 Å². The first-order chi connectivity index (χ1) is 9.13. The molecule has 1 aliphatic heterocycles. The van der Waals surface area contributed by atoms with Gasteiger partial charge in [-0.15, -0.1) is 22.7 Å². The summed E-state index contributed by atoms with van der Waals surface area (Å²) in [6.07, 6.45) is 2.62. The fourth-order valence-electron chi connectivity index (χ4n) is 2.64. The Kier molecular flexibility index (Phi) is 3.60. The zero-order chi connectivity index (χ0) is 13.4. The number of nitrogens with zero attached hydrogens (tertiary/aromatic N) is 2. The maximum atomic E-state index is 5.93. The molecule has 3 nitrogen and oxygen atoms in total. The molecule has 0 spiro atoms. The molecule has 2 aromatic heterocycles. The standard InChI is InChI=1S/C14H19N3S2/c1-9-6-11(18-8-9)13-12(19-14(15)16-13)7-17-5-3-4-10(17)2/h6,8,10H,3-5,7H2,1-2H3,(H2,15,16)/t10-/m1/s1. The number of anilines is 1. The van der Waals surface area contributed by atoms with Crippen molar-refractivity contribution in [2.45, 2.75) is 39.3 Å². The van der Waals surface area contributed by atoms with E-state index in [4.69, 9.17) is 5.73 Å². The monoisotopic (exact) mass is 293 g/mol. The summed E-state index contributed by atoms with van der Waals surface area (Å²) in [6, 6.07) is 2.89. The molecule has 1 atom stereocenters. The van der Waals surface area contributed by atoms with Crippen LogP contribution in [-0.4, -0.2) is 22.5 Å². The third-order valence-corrected chi connectivity index (χ3v) is 5.64. The molecule has 0 amide bonds. The Bertz CT molecular complexity index is 573. The summed E-state index contributed by atoms with van der Waals surface area (Å²) in [7, 11) is 0. The van der Waals surface area contributed by atoms with Gasteiger partial charge in [-0.05, 0) is 50.2 Å². The van der Waals surface area contributed by atoms with E-state index in [1.54, 1.807) is 22.7 Å². The summed E-state index contributed by atoms with van der Waals surface area (Å²) in [6.45, 7) is 6.62. The topological polar surface area (TPSA) is 42.1 Å². The molecule has 5 heteroatoms. The third-order valence-electron chi connectivity index (χ3n) is 3.72. The molecule has 3 rings (SSSR count). The van der Waals surface area contributed by atoms with Crippen LogP contribution in [0, 0.1) is 6.92 Å². The molecule has 0 unspecified atom stereocenters. The van der Waals surface area contributed by atoms with Gasteiger partial charge in [0, 0.05) is 17.5 Å². The van der Waals surface area contributed by atoms with Gasteiger partial charge in [0.2, 0.25) is 0 Å². The maximum Gasteiger partial charge on any atom is 0.180 e. The van der Waals surface area contributed by atoms with E-state index in [-0.39, 0.29) is 0 Å². The first kappa shape index (κ1) is 13.1. The predicted molar refractivity (Wildman–Crippen MR) is 83.7 cm³/mol. The van der Waals surface area contributed by atoms with Crippen molar-refractivity contribution in [3.8, 4) is 10.6 Å². The Morgan fingerprint density at radius 3 is 3.00 bits per heavy atom. The molecule has 0 saturated carbocycles. The highest BCUT2D eigenvalue weighted by molar-refractivity contribution is 7.17. The van der Waals surface area contributed by atoms with Gasteiger partial charge in [-0.3, -0.25) is 4.90 Å². The molecule has 0 bridgehead atoms. The van der Waals surface area contributed by atoms with Crippen LogP contribution in [0.3, 0.4) is 0 Å². The van der Waals surface area contributed by atoms with Gasteiger partial charge in [0.1, 0.15) is 0 Å². The van der Waals surface area contributed by atoms with Crippen molar-refractivity contribution in [3.63, 3.8) is 0 Å². The Balaban J connectivity index is 1.89. The largest absolute Gasteiger partial charge is 0.375 e. The molecule has 102 valence electrons. The summed E-state index contributed by atoms with van der Waals surface area (Å²) in [5.74, 6) is 0. The lowest BCUT2D eigenvalue weighted by Crippen LogP contribution is -2.25. The normalized spacial score (nSPS) is 20.2. The highest BCUT2D eigenvalue weighted by atomic mass is 32.1. The minimum Gasteiger partial charge on any atom is -0.375 e. The van der Waals surface area contributed by atoms with E-state index in [1.807, 2.05) is 0 Å². The van der Waals surface area contributed by atoms with Crippen LogP contribution in [0.15, 0.2) is 11.4 Å². The van der Waals surface area contributed by atoms with E-state index in [1.165, 1.54) is 34.7 Å². The zero-order valence-corrected chi connectivity index (χ0v) is 13.0. The van der Waals surface area contributed by atoms with E-state index in [9.17, 15) is 0 Å². The molecule has 19 heavy (non-hydrogen) atoms.